The summed E-state index contributed by atoms with van der Waals surface area (Å²) in [6, 6.07) is 13.4. The molecule has 0 radical (unpaired) electrons. The van der Waals surface area contributed by atoms with Gasteiger partial charge in [0.25, 0.3) is 5.65 Å². The molecule has 34 heavy (non-hydrogen) atoms. The highest BCUT2D eigenvalue weighted by molar-refractivity contribution is 6.29. The maximum absolute atomic E-state index is 13.2. The van der Waals surface area contributed by atoms with Crippen LogP contribution in [0.15, 0.2) is 83.1 Å². The number of alkyl halides is 3. The normalized spacial score (nSPS) is 11.9. The number of oxime groups is 1. The second-order valence-corrected chi connectivity index (χ2v) is 7.78. The summed E-state index contributed by atoms with van der Waals surface area (Å²) in [5.41, 5.74) is 0.563. The third-order valence-electron chi connectivity index (χ3n) is 5.04. The van der Waals surface area contributed by atoms with Crippen LogP contribution < -0.4 is 9.96 Å². The molecule has 4 rings (SSSR count). The number of aromatic nitrogens is 3. The van der Waals surface area contributed by atoms with Crippen molar-refractivity contribution in [3.05, 3.63) is 99.8 Å². The molecule has 3 aromatic heterocycles. The molecule has 0 fully saturated rings. The van der Waals surface area contributed by atoms with Gasteiger partial charge in [0, 0.05) is 30.5 Å². The fourth-order valence-electron chi connectivity index (χ4n) is 3.39. The molecule has 0 aliphatic rings. The Bertz CT molecular complexity index is 1390. The van der Waals surface area contributed by atoms with Crippen molar-refractivity contribution in [1.29, 1.82) is 0 Å². The predicted molar refractivity (Wildman–Crippen MR) is 121 cm³/mol. The largest absolute Gasteiger partial charge is 0.416 e. The van der Waals surface area contributed by atoms with Gasteiger partial charge < -0.3 is 4.84 Å². The molecule has 0 aliphatic carbocycles. The van der Waals surface area contributed by atoms with E-state index in [1.54, 1.807) is 59.7 Å². The van der Waals surface area contributed by atoms with Crippen LogP contribution in [0.1, 0.15) is 17.5 Å². The van der Waals surface area contributed by atoms with E-state index in [0.717, 1.165) is 17.7 Å². The maximum atomic E-state index is 13.2. The SMILES string of the molecule is O=c1c(-c2cccc(C(F)(F)F)c2)cn(CC/C=N\OCc2ccc(Cl)nc2)c2cccc[n+]12. The van der Waals surface area contributed by atoms with E-state index >= 15 is 0 Å². The molecule has 0 saturated carbocycles. The van der Waals surface area contributed by atoms with Gasteiger partial charge in [-0.2, -0.15) is 17.6 Å². The summed E-state index contributed by atoms with van der Waals surface area (Å²) in [5.74, 6) is 0. The summed E-state index contributed by atoms with van der Waals surface area (Å²) in [7, 11) is 0. The number of fused-ring (bicyclic) bond motifs is 1. The summed E-state index contributed by atoms with van der Waals surface area (Å²) >= 11 is 5.75. The zero-order valence-electron chi connectivity index (χ0n) is 17.7. The first-order chi connectivity index (χ1) is 16.3. The lowest BCUT2D eigenvalue weighted by atomic mass is 10.1. The molecule has 4 aromatic rings. The molecular weight excluding hydrogens is 469 g/mol. The second kappa shape index (κ2) is 10.0. The van der Waals surface area contributed by atoms with E-state index < -0.39 is 17.3 Å². The summed E-state index contributed by atoms with van der Waals surface area (Å²) in [6.07, 6.45) is 2.30. The number of aryl methyl sites for hydroxylation is 1. The highest BCUT2D eigenvalue weighted by Crippen LogP contribution is 2.31. The molecule has 0 unspecified atom stereocenters. The lowest BCUT2D eigenvalue weighted by Crippen LogP contribution is -2.43. The number of hydrogen-bond donors (Lipinski definition) is 0. The summed E-state index contributed by atoms with van der Waals surface area (Å²) in [4.78, 5) is 22.2. The lowest BCUT2D eigenvalue weighted by Gasteiger charge is -2.09. The average Bonchev–Trinajstić information content (AvgIpc) is 2.83. The summed E-state index contributed by atoms with van der Waals surface area (Å²) < 4.78 is 42.8. The highest BCUT2D eigenvalue weighted by Gasteiger charge is 2.31. The number of halogens is 4. The molecule has 1 aromatic carbocycles. The van der Waals surface area contributed by atoms with Gasteiger partial charge in [0.2, 0.25) is 0 Å². The standard InChI is InChI=1S/C24H19ClF3N4O2/c25-21-9-8-17(14-29-21)16-34-30-10-4-11-31-15-20(23(33)32-12-2-1-7-22(31)32)18-5-3-6-19(13-18)24(26,27)28/h1-3,5-10,12-15H,4,11,16H2/q+1/b30-10-. The molecule has 0 N–H and O–H groups in total. The number of hydrogen-bond acceptors (Lipinski definition) is 4. The van der Waals surface area contributed by atoms with Crippen LogP contribution in [0.3, 0.4) is 0 Å². The van der Waals surface area contributed by atoms with Crippen molar-refractivity contribution in [3.63, 3.8) is 0 Å². The monoisotopic (exact) mass is 487 g/mol. The topological polar surface area (TPSA) is 60.6 Å². The fraction of sp³-hybridized carbons (Fsp3) is 0.167. The van der Waals surface area contributed by atoms with Crippen molar-refractivity contribution in [2.24, 2.45) is 5.16 Å². The number of nitrogens with zero attached hydrogens (tertiary/aromatic N) is 4. The van der Waals surface area contributed by atoms with Gasteiger partial charge in [-0.05, 0) is 29.8 Å². The van der Waals surface area contributed by atoms with Gasteiger partial charge in [-0.25, -0.2) is 14.3 Å². The van der Waals surface area contributed by atoms with Crippen LogP contribution in [0, 0.1) is 0 Å². The molecule has 0 amide bonds. The molecule has 0 aliphatic heterocycles. The first-order valence-corrected chi connectivity index (χ1v) is 10.7. The van der Waals surface area contributed by atoms with E-state index in [9.17, 15) is 18.0 Å². The molecule has 10 heteroatoms. The summed E-state index contributed by atoms with van der Waals surface area (Å²) in [5, 5.41) is 4.32. The van der Waals surface area contributed by atoms with Crippen molar-refractivity contribution in [3.8, 4) is 11.1 Å². The predicted octanol–water partition coefficient (Wildman–Crippen LogP) is 4.91. The number of rotatable bonds is 7. The maximum Gasteiger partial charge on any atom is 0.416 e. The molecule has 6 nitrogen and oxygen atoms in total. The highest BCUT2D eigenvalue weighted by atomic mass is 35.5. The van der Waals surface area contributed by atoms with Gasteiger partial charge in [0.1, 0.15) is 23.5 Å². The van der Waals surface area contributed by atoms with Crippen LogP contribution in [0.25, 0.3) is 16.8 Å². The van der Waals surface area contributed by atoms with Gasteiger partial charge >= 0.3 is 11.7 Å². The van der Waals surface area contributed by atoms with E-state index in [2.05, 4.69) is 10.1 Å². The molecule has 174 valence electrons. The Kier molecular flexibility index (Phi) is 6.93. The first kappa shape index (κ1) is 23.4. The minimum Gasteiger partial charge on any atom is -0.391 e. The van der Waals surface area contributed by atoms with Crippen molar-refractivity contribution < 1.29 is 22.4 Å². The molecule has 0 bridgehead atoms. The van der Waals surface area contributed by atoms with Crippen molar-refractivity contribution in [1.82, 2.24) is 9.55 Å². The Morgan fingerprint density at radius 1 is 1.15 bits per heavy atom. The van der Waals surface area contributed by atoms with Gasteiger partial charge in [0.15, 0.2) is 0 Å². The zero-order chi connectivity index (χ0) is 24.1. The van der Waals surface area contributed by atoms with E-state index in [-0.39, 0.29) is 17.7 Å². The Morgan fingerprint density at radius 2 is 2.00 bits per heavy atom. The van der Waals surface area contributed by atoms with Crippen molar-refractivity contribution in [2.75, 3.05) is 0 Å². The van der Waals surface area contributed by atoms with Crippen LogP contribution >= 0.6 is 11.6 Å². The minimum absolute atomic E-state index is 0.165. The van der Waals surface area contributed by atoms with Crippen molar-refractivity contribution >= 4 is 23.5 Å². The van der Waals surface area contributed by atoms with Crippen LogP contribution in [-0.2, 0) is 24.2 Å². The van der Waals surface area contributed by atoms with Crippen molar-refractivity contribution in [2.45, 2.75) is 25.7 Å². The Balaban J connectivity index is 1.55. The van der Waals surface area contributed by atoms with Gasteiger partial charge in [0.05, 0.1) is 18.3 Å². The van der Waals surface area contributed by atoms with Gasteiger partial charge in [-0.15, -0.1) is 0 Å². The number of benzene rings is 1. The van der Waals surface area contributed by atoms with Gasteiger partial charge in [-0.1, -0.05) is 41.0 Å². The van der Waals surface area contributed by atoms with E-state index in [0.29, 0.717) is 23.8 Å². The third-order valence-corrected chi connectivity index (χ3v) is 5.26. The molecule has 3 heterocycles. The van der Waals surface area contributed by atoms with Crippen LogP contribution in [0.2, 0.25) is 5.15 Å². The van der Waals surface area contributed by atoms with Crippen LogP contribution in [0.4, 0.5) is 13.2 Å². The quantitative estimate of drug-likeness (QED) is 0.161. The number of pyridine rings is 2. The van der Waals surface area contributed by atoms with Crippen LogP contribution in [-0.4, -0.2) is 15.8 Å². The Hall–Kier alpha value is -3.72. The summed E-state index contributed by atoms with van der Waals surface area (Å²) in [6.45, 7) is 0.659. The Labute approximate surface area is 197 Å². The Morgan fingerprint density at radius 3 is 2.76 bits per heavy atom. The molecule has 0 atom stereocenters. The average molecular weight is 488 g/mol. The third kappa shape index (κ3) is 5.43. The molecule has 0 saturated heterocycles. The molecule has 0 spiro atoms. The fourth-order valence-corrected chi connectivity index (χ4v) is 3.50. The van der Waals surface area contributed by atoms with Gasteiger partial charge in [-0.3, -0.25) is 0 Å². The first-order valence-electron chi connectivity index (χ1n) is 10.3. The lowest BCUT2D eigenvalue weighted by molar-refractivity contribution is -0.531. The van der Waals surface area contributed by atoms with E-state index in [4.69, 9.17) is 16.4 Å². The zero-order valence-corrected chi connectivity index (χ0v) is 18.5. The van der Waals surface area contributed by atoms with E-state index in [1.165, 1.54) is 16.5 Å². The molecular formula is C24H19ClF3N4O2+. The van der Waals surface area contributed by atoms with E-state index in [1.807, 2.05) is 0 Å². The smallest absolute Gasteiger partial charge is 0.391 e. The van der Waals surface area contributed by atoms with Crippen LogP contribution in [0.5, 0.6) is 0 Å². The minimum atomic E-state index is -4.50. The second-order valence-electron chi connectivity index (χ2n) is 7.39.